The molecule has 0 bridgehead atoms. The van der Waals surface area contributed by atoms with Gasteiger partial charge in [0.1, 0.15) is 11.6 Å². The van der Waals surface area contributed by atoms with E-state index in [-0.39, 0.29) is 29.7 Å². The highest BCUT2D eigenvalue weighted by atomic mass is 19.1. The number of hydrogen-bond donors (Lipinski definition) is 2. The van der Waals surface area contributed by atoms with E-state index < -0.39 is 0 Å². The first kappa shape index (κ1) is 19.3. The molecule has 0 aliphatic carbocycles. The highest BCUT2D eigenvalue weighted by Crippen LogP contribution is 2.11. The van der Waals surface area contributed by atoms with Gasteiger partial charge in [-0.25, -0.2) is 4.39 Å². The summed E-state index contributed by atoms with van der Waals surface area (Å²) in [6.07, 6.45) is 0.748. The van der Waals surface area contributed by atoms with Crippen LogP contribution in [0.1, 0.15) is 21.6 Å². The summed E-state index contributed by atoms with van der Waals surface area (Å²) in [6, 6.07) is 17.2. The van der Waals surface area contributed by atoms with Crippen LogP contribution in [-0.2, 0) is 24.7 Å². The largest absolute Gasteiger partial charge is 0.350 e. The van der Waals surface area contributed by atoms with E-state index in [0.717, 1.165) is 11.1 Å². The Morgan fingerprint density at radius 3 is 2.54 bits per heavy atom. The van der Waals surface area contributed by atoms with Gasteiger partial charge in [0, 0.05) is 19.7 Å². The zero-order chi connectivity index (χ0) is 19.9. The van der Waals surface area contributed by atoms with Crippen LogP contribution in [0, 0.1) is 5.82 Å². The minimum absolute atomic E-state index is 0.188. The molecular weight excluding hydrogens is 359 g/mol. The number of carbonyl (C=O) groups is 2. The minimum atomic E-state index is -0.351. The molecule has 3 aromatic rings. The number of hydrogen-bond acceptors (Lipinski definition) is 3. The first-order valence-corrected chi connectivity index (χ1v) is 8.92. The van der Waals surface area contributed by atoms with E-state index in [2.05, 4.69) is 15.7 Å². The van der Waals surface area contributed by atoms with Gasteiger partial charge in [-0.1, -0.05) is 42.5 Å². The van der Waals surface area contributed by atoms with Crippen molar-refractivity contribution in [2.45, 2.75) is 12.8 Å². The van der Waals surface area contributed by atoms with Gasteiger partial charge >= 0.3 is 0 Å². The van der Waals surface area contributed by atoms with Crippen LogP contribution in [0.25, 0.3) is 0 Å². The van der Waals surface area contributed by atoms with Gasteiger partial charge in [-0.05, 0) is 29.7 Å². The fourth-order valence-corrected chi connectivity index (χ4v) is 2.77. The second kappa shape index (κ2) is 8.94. The van der Waals surface area contributed by atoms with Crippen molar-refractivity contribution in [1.29, 1.82) is 0 Å². The third kappa shape index (κ3) is 5.26. The summed E-state index contributed by atoms with van der Waals surface area (Å²) >= 11 is 0. The van der Waals surface area contributed by atoms with Gasteiger partial charge in [0.05, 0.1) is 6.42 Å². The number of nitrogens with one attached hydrogen (secondary N) is 2. The third-order valence-electron chi connectivity index (χ3n) is 4.18. The molecule has 0 aliphatic rings. The molecule has 0 atom stereocenters. The van der Waals surface area contributed by atoms with Crippen LogP contribution in [0.5, 0.6) is 0 Å². The standard InChI is InChI=1S/C21H21FN4O2/c1-26-19(24-20(27)13-15-6-3-2-4-7-15)14-18(25-26)21(28)23-11-10-16-8-5-9-17(22)12-16/h2-9,12,14H,10-11,13H2,1H3,(H,23,28)(H,24,27). The molecule has 0 aliphatic heterocycles. The molecule has 28 heavy (non-hydrogen) atoms. The lowest BCUT2D eigenvalue weighted by atomic mass is 10.1. The van der Waals surface area contributed by atoms with Crippen molar-refractivity contribution in [3.05, 3.63) is 83.3 Å². The summed E-state index contributed by atoms with van der Waals surface area (Å²) in [5, 5.41) is 9.65. The van der Waals surface area contributed by atoms with Gasteiger partial charge in [-0.3, -0.25) is 14.3 Å². The Morgan fingerprint density at radius 2 is 1.79 bits per heavy atom. The molecule has 0 saturated carbocycles. The zero-order valence-electron chi connectivity index (χ0n) is 15.5. The maximum atomic E-state index is 13.2. The Kier molecular flexibility index (Phi) is 6.16. The van der Waals surface area contributed by atoms with Crippen molar-refractivity contribution in [3.63, 3.8) is 0 Å². The van der Waals surface area contributed by atoms with Gasteiger partial charge in [0.2, 0.25) is 5.91 Å². The highest BCUT2D eigenvalue weighted by Gasteiger charge is 2.14. The van der Waals surface area contributed by atoms with Crippen LogP contribution in [0.4, 0.5) is 10.2 Å². The number of nitrogens with zero attached hydrogens (tertiary/aromatic N) is 2. The molecule has 0 radical (unpaired) electrons. The number of anilines is 1. The first-order chi connectivity index (χ1) is 13.5. The molecule has 0 spiro atoms. The topological polar surface area (TPSA) is 76.0 Å². The Morgan fingerprint density at radius 1 is 1.04 bits per heavy atom. The Hall–Kier alpha value is -3.48. The predicted octanol–water partition coefficient (Wildman–Crippen LogP) is 2.71. The summed E-state index contributed by atoms with van der Waals surface area (Å²) < 4.78 is 14.6. The Balaban J connectivity index is 1.53. The van der Waals surface area contributed by atoms with Gasteiger partial charge in [0.25, 0.3) is 5.91 Å². The molecule has 7 heteroatoms. The van der Waals surface area contributed by atoms with Crippen LogP contribution in [0.2, 0.25) is 0 Å². The van der Waals surface area contributed by atoms with Gasteiger partial charge in [0.15, 0.2) is 5.69 Å². The lowest BCUT2D eigenvalue weighted by molar-refractivity contribution is -0.115. The molecule has 6 nitrogen and oxygen atoms in total. The smallest absolute Gasteiger partial charge is 0.271 e. The molecule has 0 unspecified atom stereocenters. The average molecular weight is 380 g/mol. The Labute approximate surface area is 162 Å². The number of amides is 2. The number of carbonyl (C=O) groups excluding carboxylic acids is 2. The van der Waals surface area contributed by atoms with Crippen LogP contribution in [0.3, 0.4) is 0 Å². The summed E-state index contributed by atoms with van der Waals surface area (Å²) in [6.45, 7) is 0.356. The molecule has 2 amide bonds. The molecular formula is C21H21FN4O2. The third-order valence-corrected chi connectivity index (χ3v) is 4.18. The second-order valence-corrected chi connectivity index (χ2v) is 6.38. The van der Waals surface area contributed by atoms with Gasteiger partial charge in [-0.2, -0.15) is 5.10 Å². The number of aryl methyl sites for hydroxylation is 1. The maximum absolute atomic E-state index is 13.2. The monoisotopic (exact) mass is 380 g/mol. The number of rotatable bonds is 7. The fraction of sp³-hybridized carbons (Fsp3) is 0.190. The highest BCUT2D eigenvalue weighted by molar-refractivity contribution is 5.95. The van der Waals surface area contributed by atoms with Crippen LogP contribution in [-0.4, -0.2) is 28.1 Å². The fourth-order valence-electron chi connectivity index (χ4n) is 2.77. The van der Waals surface area contributed by atoms with Gasteiger partial charge < -0.3 is 10.6 Å². The van der Waals surface area contributed by atoms with E-state index in [1.165, 1.54) is 22.9 Å². The summed E-state index contributed by atoms with van der Waals surface area (Å²) in [5.41, 5.74) is 1.91. The quantitative estimate of drug-likeness (QED) is 0.662. The molecule has 3 rings (SSSR count). The lowest BCUT2D eigenvalue weighted by Crippen LogP contribution is -2.26. The van der Waals surface area contributed by atoms with Crippen LogP contribution in [0.15, 0.2) is 60.7 Å². The van der Waals surface area contributed by atoms with Crippen LogP contribution < -0.4 is 10.6 Å². The Bertz CT molecular complexity index is 970. The van der Waals surface area contributed by atoms with E-state index >= 15 is 0 Å². The van der Waals surface area contributed by atoms with Crippen molar-refractivity contribution < 1.29 is 14.0 Å². The van der Waals surface area contributed by atoms with E-state index in [1.807, 2.05) is 30.3 Å². The average Bonchev–Trinajstić information content (AvgIpc) is 3.03. The summed E-state index contributed by atoms with van der Waals surface area (Å²) in [7, 11) is 1.65. The summed E-state index contributed by atoms with van der Waals surface area (Å²) in [4.78, 5) is 24.5. The van der Waals surface area contributed by atoms with E-state index in [9.17, 15) is 14.0 Å². The molecule has 1 aromatic heterocycles. The van der Waals surface area contributed by atoms with Crippen molar-refractivity contribution in [2.24, 2.45) is 7.05 Å². The van der Waals surface area contributed by atoms with Crippen molar-refractivity contribution in [2.75, 3.05) is 11.9 Å². The van der Waals surface area contributed by atoms with Crippen molar-refractivity contribution in [3.8, 4) is 0 Å². The van der Waals surface area contributed by atoms with Gasteiger partial charge in [-0.15, -0.1) is 0 Å². The lowest BCUT2D eigenvalue weighted by Gasteiger charge is -2.04. The number of aromatic nitrogens is 2. The van der Waals surface area contributed by atoms with Crippen LogP contribution >= 0.6 is 0 Å². The van der Waals surface area contributed by atoms with E-state index in [4.69, 9.17) is 0 Å². The minimum Gasteiger partial charge on any atom is -0.350 e. The molecule has 2 N–H and O–H groups in total. The van der Waals surface area contributed by atoms with E-state index in [1.54, 1.807) is 19.2 Å². The molecule has 144 valence electrons. The number of halogens is 1. The number of benzene rings is 2. The van der Waals surface area contributed by atoms with Crippen molar-refractivity contribution in [1.82, 2.24) is 15.1 Å². The second-order valence-electron chi connectivity index (χ2n) is 6.38. The molecule has 2 aromatic carbocycles. The molecule has 1 heterocycles. The van der Waals surface area contributed by atoms with E-state index in [0.29, 0.717) is 18.8 Å². The molecule has 0 saturated heterocycles. The SMILES string of the molecule is Cn1nc(C(=O)NCCc2cccc(F)c2)cc1NC(=O)Cc1ccccc1. The first-order valence-electron chi connectivity index (χ1n) is 8.92. The molecule has 0 fully saturated rings. The maximum Gasteiger partial charge on any atom is 0.271 e. The zero-order valence-corrected chi connectivity index (χ0v) is 15.5. The van der Waals surface area contributed by atoms with Crippen molar-refractivity contribution >= 4 is 17.6 Å². The summed E-state index contributed by atoms with van der Waals surface area (Å²) in [5.74, 6) is -0.400. The predicted molar refractivity (Wildman–Crippen MR) is 104 cm³/mol. The normalized spacial score (nSPS) is 10.5.